The summed E-state index contributed by atoms with van der Waals surface area (Å²) >= 11 is 0. The Labute approximate surface area is 73.6 Å². The molecule has 0 bridgehead atoms. The minimum atomic E-state index is -0.612. The molecular formula is C10H17NO. The van der Waals surface area contributed by atoms with Gasteiger partial charge in [-0.1, -0.05) is 0 Å². The highest BCUT2D eigenvalue weighted by atomic mass is 16.3. The van der Waals surface area contributed by atoms with Gasteiger partial charge >= 0.3 is 0 Å². The second-order valence-corrected chi connectivity index (χ2v) is 4.09. The summed E-state index contributed by atoms with van der Waals surface area (Å²) in [6, 6.07) is 2.09. The van der Waals surface area contributed by atoms with Gasteiger partial charge in [0.25, 0.3) is 0 Å². The van der Waals surface area contributed by atoms with Crippen molar-refractivity contribution in [3.63, 3.8) is 0 Å². The second kappa shape index (κ2) is 2.94. The zero-order valence-electron chi connectivity index (χ0n) is 8.23. The number of hydrogen-bond acceptors (Lipinski definition) is 1. The van der Waals surface area contributed by atoms with E-state index in [1.165, 1.54) is 5.56 Å². The molecule has 0 fully saturated rings. The van der Waals surface area contributed by atoms with Crippen molar-refractivity contribution in [1.82, 2.24) is 4.98 Å². The largest absolute Gasteiger partial charge is 0.390 e. The van der Waals surface area contributed by atoms with Gasteiger partial charge in [0.15, 0.2) is 0 Å². The molecule has 0 saturated carbocycles. The van der Waals surface area contributed by atoms with E-state index in [0.717, 1.165) is 11.4 Å². The monoisotopic (exact) mass is 167 g/mol. The van der Waals surface area contributed by atoms with Gasteiger partial charge in [0.1, 0.15) is 0 Å². The number of H-pyrrole nitrogens is 1. The van der Waals surface area contributed by atoms with Crippen molar-refractivity contribution in [2.75, 3.05) is 0 Å². The Kier molecular flexibility index (Phi) is 2.29. The van der Waals surface area contributed by atoms with Gasteiger partial charge in [-0.15, -0.1) is 0 Å². The van der Waals surface area contributed by atoms with Crippen molar-refractivity contribution in [3.05, 3.63) is 23.0 Å². The lowest BCUT2D eigenvalue weighted by atomic mass is 9.99. The van der Waals surface area contributed by atoms with Gasteiger partial charge in [0.05, 0.1) is 5.60 Å². The summed E-state index contributed by atoms with van der Waals surface area (Å²) in [7, 11) is 0. The van der Waals surface area contributed by atoms with Gasteiger partial charge in [-0.3, -0.25) is 0 Å². The molecule has 1 heterocycles. The average Bonchev–Trinajstić information content (AvgIpc) is 2.06. The van der Waals surface area contributed by atoms with E-state index in [-0.39, 0.29) is 0 Å². The summed E-state index contributed by atoms with van der Waals surface area (Å²) in [4.78, 5) is 3.22. The number of rotatable bonds is 2. The topological polar surface area (TPSA) is 36.0 Å². The Morgan fingerprint density at radius 1 is 1.42 bits per heavy atom. The van der Waals surface area contributed by atoms with Crippen molar-refractivity contribution in [2.45, 2.75) is 39.7 Å². The van der Waals surface area contributed by atoms with Gasteiger partial charge in [-0.2, -0.15) is 0 Å². The summed E-state index contributed by atoms with van der Waals surface area (Å²) in [5.41, 5.74) is 2.92. The molecule has 0 aliphatic carbocycles. The third kappa shape index (κ3) is 2.38. The Bertz CT molecular complexity index is 268. The van der Waals surface area contributed by atoms with Crippen molar-refractivity contribution >= 4 is 0 Å². The van der Waals surface area contributed by atoms with E-state index in [1.807, 2.05) is 27.7 Å². The Hall–Kier alpha value is -0.760. The molecular weight excluding hydrogens is 150 g/mol. The highest BCUT2D eigenvalue weighted by molar-refractivity contribution is 5.25. The molecule has 0 spiro atoms. The number of aromatic nitrogens is 1. The third-order valence-corrected chi connectivity index (χ3v) is 1.88. The van der Waals surface area contributed by atoms with Gasteiger partial charge < -0.3 is 10.1 Å². The van der Waals surface area contributed by atoms with Gasteiger partial charge in [-0.25, -0.2) is 0 Å². The van der Waals surface area contributed by atoms with Gasteiger partial charge in [0, 0.05) is 17.8 Å². The first-order valence-electron chi connectivity index (χ1n) is 4.26. The van der Waals surface area contributed by atoms with E-state index >= 15 is 0 Å². The number of hydrogen-bond donors (Lipinski definition) is 2. The van der Waals surface area contributed by atoms with Crippen molar-refractivity contribution < 1.29 is 5.11 Å². The van der Waals surface area contributed by atoms with E-state index in [9.17, 15) is 5.11 Å². The molecule has 68 valence electrons. The number of aliphatic hydroxyl groups is 1. The van der Waals surface area contributed by atoms with E-state index in [1.54, 1.807) is 0 Å². The molecule has 0 unspecified atom stereocenters. The van der Waals surface area contributed by atoms with Crippen LogP contribution in [0.1, 0.15) is 30.8 Å². The molecule has 0 aromatic carbocycles. The van der Waals surface area contributed by atoms with Crippen LogP contribution in [-0.2, 0) is 6.42 Å². The molecule has 1 aromatic heterocycles. The van der Waals surface area contributed by atoms with Gasteiger partial charge in [-0.05, 0) is 39.3 Å². The van der Waals surface area contributed by atoms with Crippen molar-refractivity contribution in [3.8, 4) is 0 Å². The lowest BCUT2D eigenvalue weighted by Gasteiger charge is -2.16. The van der Waals surface area contributed by atoms with Crippen LogP contribution < -0.4 is 0 Å². The lowest BCUT2D eigenvalue weighted by molar-refractivity contribution is 0.0808. The number of nitrogens with one attached hydrogen (secondary N) is 1. The molecule has 2 heteroatoms. The maximum absolute atomic E-state index is 9.59. The smallest absolute Gasteiger partial charge is 0.0632 e. The first-order chi connectivity index (χ1) is 5.38. The Balaban J connectivity index is 2.82. The minimum Gasteiger partial charge on any atom is -0.390 e. The molecule has 0 atom stereocenters. The van der Waals surface area contributed by atoms with Crippen LogP contribution in [0.4, 0.5) is 0 Å². The Morgan fingerprint density at radius 2 is 2.00 bits per heavy atom. The number of aryl methyl sites for hydroxylation is 2. The molecule has 0 aliphatic rings. The van der Waals surface area contributed by atoms with Crippen LogP contribution in [0.25, 0.3) is 0 Å². The molecule has 0 amide bonds. The summed E-state index contributed by atoms with van der Waals surface area (Å²) in [6.07, 6.45) is 0.711. The highest BCUT2D eigenvalue weighted by Crippen LogP contribution is 2.16. The van der Waals surface area contributed by atoms with Crippen LogP contribution in [0.5, 0.6) is 0 Å². The van der Waals surface area contributed by atoms with Crippen LogP contribution in [-0.4, -0.2) is 15.7 Å². The standard InChI is InChI=1S/C10H17NO/c1-7-5-9(8(2)11-7)6-10(3,4)12/h5,11-12H,6H2,1-4H3. The SMILES string of the molecule is Cc1cc(CC(C)(C)O)c(C)[nH]1. The van der Waals surface area contributed by atoms with Gasteiger partial charge in [0.2, 0.25) is 0 Å². The molecule has 0 aliphatic heterocycles. The van der Waals surface area contributed by atoms with E-state index in [4.69, 9.17) is 0 Å². The zero-order chi connectivity index (χ0) is 9.35. The molecule has 2 N–H and O–H groups in total. The fourth-order valence-corrected chi connectivity index (χ4v) is 1.43. The zero-order valence-corrected chi connectivity index (χ0v) is 8.23. The first-order valence-corrected chi connectivity index (χ1v) is 4.26. The summed E-state index contributed by atoms with van der Waals surface area (Å²) < 4.78 is 0. The minimum absolute atomic E-state index is 0.612. The molecule has 2 nitrogen and oxygen atoms in total. The quantitative estimate of drug-likeness (QED) is 0.694. The average molecular weight is 167 g/mol. The third-order valence-electron chi connectivity index (χ3n) is 1.88. The maximum atomic E-state index is 9.59. The van der Waals surface area contributed by atoms with Crippen molar-refractivity contribution in [1.29, 1.82) is 0 Å². The molecule has 0 saturated heterocycles. The summed E-state index contributed by atoms with van der Waals surface area (Å²) in [6.45, 7) is 7.72. The highest BCUT2D eigenvalue weighted by Gasteiger charge is 2.15. The van der Waals surface area contributed by atoms with Crippen LogP contribution >= 0.6 is 0 Å². The van der Waals surface area contributed by atoms with Crippen LogP contribution in [0.3, 0.4) is 0 Å². The van der Waals surface area contributed by atoms with E-state index < -0.39 is 5.60 Å². The van der Waals surface area contributed by atoms with Crippen LogP contribution in [0.2, 0.25) is 0 Å². The molecule has 12 heavy (non-hydrogen) atoms. The van der Waals surface area contributed by atoms with Crippen molar-refractivity contribution in [2.24, 2.45) is 0 Å². The predicted molar refractivity (Wildman–Crippen MR) is 50.3 cm³/mol. The second-order valence-electron chi connectivity index (χ2n) is 4.09. The maximum Gasteiger partial charge on any atom is 0.0632 e. The fourth-order valence-electron chi connectivity index (χ4n) is 1.43. The summed E-state index contributed by atoms with van der Waals surface area (Å²) in [5, 5.41) is 9.59. The Morgan fingerprint density at radius 3 is 2.33 bits per heavy atom. The molecule has 1 rings (SSSR count). The normalized spacial score (nSPS) is 12.1. The summed E-state index contributed by atoms with van der Waals surface area (Å²) in [5.74, 6) is 0. The fraction of sp³-hybridized carbons (Fsp3) is 0.600. The lowest BCUT2D eigenvalue weighted by Crippen LogP contribution is -2.21. The van der Waals surface area contributed by atoms with Crippen LogP contribution in [0, 0.1) is 13.8 Å². The van der Waals surface area contributed by atoms with Crippen LogP contribution in [0.15, 0.2) is 6.07 Å². The predicted octanol–water partition coefficient (Wildman–Crippen LogP) is 1.94. The molecule has 1 aromatic rings. The van der Waals surface area contributed by atoms with E-state index in [0.29, 0.717) is 6.42 Å². The number of aromatic amines is 1. The molecule has 0 radical (unpaired) electrons. The first kappa shape index (κ1) is 9.33. The van der Waals surface area contributed by atoms with E-state index in [2.05, 4.69) is 11.1 Å².